The molecule has 5 nitrogen and oxygen atoms in total. The summed E-state index contributed by atoms with van der Waals surface area (Å²) in [7, 11) is 0. The fourth-order valence-electron chi connectivity index (χ4n) is 3.01. The number of carbonyl (C=O) groups is 2. The summed E-state index contributed by atoms with van der Waals surface area (Å²) in [6.07, 6.45) is 1.19. The maximum absolute atomic E-state index is 13.2. The van der Waals surface area contributed by atoms with Crippen molar-refractivity contribution in [3.8, 4) is 5.75 Å². The molecule has 2 unspecified atom stereocenters. The number of benzene rings is 2. The quantitative estimate of drug-likeness (QED) is 0.395. The molecule has 0 spiro atoms. The van der Waals surface area contributed by atoms with Gasteiger partial charge in [-0.25, -0.2) is 0 Å². The van der Waals surface area contributed by atoms with Gasteiger partial charge in [-0.2, -0.15) is 0 Å². The molecule has 2 aromatic rings. The first kappa shape index (κ1) is 26.6. The molecule has 2 atom stereocenters. The van der Waals surface area contributed by atoms with Gasteiger partial charge in [0.25, 0.3) is 5.91 Å². The molecule has 2 aromatic carbocycles. The van der Waals surface area contributed by atoms with Crippen LogP contribution in [0.2, 0.25) is 20.1 Å². The summed E-state index contributed by atoms with van der Waals surface area (Å²) in [5.41, 5.74) is 0.670. The van der Waals surface area contributed by atoms with E-state index in [-0.39, 0.29) is 31.0 Å². The third-order valence-corrected chi connectivity index (χ3v) is 6.11. The SMILES string of the molecule is CCC(C)NC(=O)C(CC)N(Cc1ccc(Cl)cc1Cl)C(=O)COc1ccc(Cl)cc1Cl. The van der Waals surface area contributed by atoms with Crippen LogP contribution >= 0.6 is 46.4 Å². The Labute approximate surface area is 208 Å². The van der Waals surface area contributed by atoms with Crippen LogP contribution in [0.4, 0.5) is 0 Å². The molecule has 1 N–H and O–H groups in total. The third kappa shape index (κ3) is 7.45. The van der Waals surface area contributed by atoms with Gasteiger partial charge in [-0.1, -0.05) is 66.3 Å². The molecule has 0 aliphatic heterocycles. The zero-order valence-corrected chi connectivity index (χ0v) is 21.2. The lowest BCUT2D eigenvalue weighted by molar-refractivity contribution is -0.143. The predicted octanol–water partition coefficient (Wildman–Crippen LogP) is 6.40. The van der Waals surface area contributed by atoms with Gasteiger partial charge >= 0.3 is 0 Å². The van der Waals surface area contributed by atoms with Crippen molar-refractivity contribution in [2.24, 2.45) is 0 Å². The first-order chi connectivity index (χ1) is 15.2. The van der Waals surface area contributed by atoms with Crippen LogP contribution in [0.3, 0.4) is 0 Å². The average molecular weight is 520 g/mol. The van der Waals surface area contributed by atoms with E-state index in [9.17, 15) is 9.59 Å². The van der Waals surface area contributed by atoms with E-state index < -0.39 is 6.04 Å². The molecular formula is C23H26Cl4N2O3. The molecule has 0 heterocycles. The van der Waals surface area contributed by atoms with Crippen LogP contribution in [0.1, 0.15) is 39.2 Å². The van der Waals surface area contributed by atoms with E-state index in [1.165, 1.54) is 11.0 Å². The zero-order chi connectivity index (χ0) is 23.8. The zero-order valence-electron chi connectivity index (χ0n) is 18.1. The Morgan fingerprint density at radius 3 is 2.16 bits per heavy atom. The largest absolute Gasteiger partial charge is 0.482 e. The summed E-state index contributed by atoms with van der Waals surface area (Å²) < 4.78 is 5.63. The average Bonchev–Trinajstić information content (AvgIpc) is 2.74. The highest BCUT2D eigenvalue weighted by atomic mass is 35.5. The Bertz CT molecular complexity index is 955. The van der Waals surface area contributed by atoms with Gasteiger partial charge in [-0.3, -0.25) is 9.59 Å². The van der Waals surface area contributed by atoms with Crippen molar-refractivity contribution in [2.45, 2.75) is 52.2 Å². The summed E-state index contributed by atoms with van der Waals surface area (Å²) in [5, 5.41) is 4.60. The lowest BCUT2D eigenvalue weighted by atomic mass is 10.1. The van der Waals surface area contributed by atoms with Crippen molar-refractivity contribution in [1.82, 2.24) is 10.2 Å². The Balaban J connectivity index is 2.28. The van der Waals surface area contributed by atoms with E-state index in [2.05, 4.69) is 5.32 Å². The molecule has 0 fully saturated rings. The normalized spacial score (nSPS) is 12.7. The van der Waals surface area contributed by atoms with Gasteiger partial charge < -0.3 is 15.0 Å². The van der Waals surface area contributed by atoms with Crippen molar-refractivity contribution in [3.63, 3.8) is 0 Å². The second-order valence-corrected chi connectivity index (χ2v) is 9.05. The van der Waals surface area contributed by atoms with Crippen LogP contribution in [0.15, 0.2) is 36.4 Å². The van der Waals surface area contributed by atoms with Gasteiger partial charge in [0.05, 0.1) is 5.02 Å². The number of amides is 2. The predicted molar refractivity (Wildman–Crippen MR) is 131 cm³/mol. The minimum absolute atomic E-state index is 0.0169. The number of ether oxygens (including phenoxy) is 1. The molecule has 0 aliphatic carbocycles. The monoisotopic (exact) mass is 518 g/mol. The van der Waals surface area contributed by atoms with E-state index in [4.69, 9.17) is 51.1 Å². The number of carbonyl (C=O) groups excluding carboxylic acids is 2. The molecule has 0 radical (unpaired) electrons. The fraction of sp³-hybridized carbons (Fsp3) is 0.391. The smallest absolute Gasteiger partial charge is 0.261 e. The minimum Gasteiger partial charge on any atom is -0.482 e. The van der Waals surface area contributed by atoms with Crippen molar-refractivity contribution < 1.29 is 14.3 Å². The van der Waals surface area contributed by atoms with Gasteiger partial charge in [0.15, 0.2) is 6.61 Å². The highest BCUT2D eigenvalue weighted by molar-refractivity contribution is 6.35. The molecule has 0 saturated carbocycles. The molecule has 2 amide bonds. The summed E-state index contributed by atoms with van der Waals surface area (Å²) in [5.74, 6) is -0.288. The van der Waals surface area contributed by atoms with Crippen molar-refractivity contribution >= 4 is 58.2 Å². The second-order valence-electron chi connectivity index (χ2n) is 7.36. The van der Waals surface area contributed by atoms with Crippen LogP contribution in [0.25, 0.3) is 0 Å². The molecule has 9 heteroatoms. The molecule has 174 valence electrons. The van der Waals surface area contributed by atoms with E-state index >= 15 is 0 Å². The number of hydrogen-bond acceptors (Lipinski definition) is 3. The summed E-state index contributed by atoms with van der Waals surface area (Å²) >= 11 is 24.4. The van der Waals surface area contributed by atoms with Gasteiger partial charge in [-0.15, -0.1) is 0 Å². The lowest BCUT2D eigenvalue weighted by Gasteiger charge is -2.31. The second kappa shape index (κ2) is 12.5. The molecule has 0 aliphatic rings. The number of nitrogens with zero attached hydrogens (tertiary/aromatic N) is 1. The Morgan fingerprint density at radius 2 is 1.59 bits per heavy atom. The third-order valence-electron chi connectivity index (χ3n) is 4.99. The van der Waals surface area contributed by atoms with Crippen LogP contribution < -0.4 is 10.1 Å². The topological polar surface area (TPSA) is 58.6 Å². The Hall–Kier alpha value is -1.66. The van der Waals surface area contributed by atoms with E-state index in [0.29, 0.717) is 37.8 Å². The summed E-state index contributed by atoms with van der Waals surface area (Å²) in [4.78, 5) is 27.6. The van der Waals surface area contributed by atoms with Crippen molar-refractivity contribution in [1.29, 1.82) is 0 Å². The molecule has 0 saturated heterocycles. The van der Waals surface area contributed by atoms with E-state index in [1.807, 2.05) is 20.8 Å². The number of hydrogen-bond donors (Lipinski definition) is 1. The highest BCUT2D eigenvalue weighted by Gasteiger charge is 2.30. The first-order valence-corrected chi connectivity index (χ1v) is 11.8. The number of rotatable bonds is 10. The van der Waals surface area contributed by atoms with Gasteiger partial charge in [0.2, 0.25) is 5.91 Å². The van der Waals surface area contributed by atoms with Crippen LogP contribution in [0.5, 0.6) is 5.75 Å². The maximum atomic E-state index is 13.2. The van der Waals surface area contributed by atoms with Crippen LogP contribution in [-0.2, 0) is 16.1 Å². The number of halogens is 4. The van der Waals surface area contributed by atoms with Crippen LogP contribution in [-0.4, -0.2) is 35.4 Å². The van der Waals surface area contributed by atoms with Gasteiger partial charge in [0, 0.05) is 27.7 Å². The lowest BCUT2D eigenvalue weighted by Crippen LogP contribution is -2.51. The fourth-order valence-corrected chi connectivity index (χ4v) is 3.94. The molecule has 0 aromatic heterocycles. The van der Waals surface area contributed by atoms with Crippen molar-refractivity contribution in [2.75, 3.05) is 6.61 Å². The molecule has 2 rings (SSSR count). The van der Waals surface area contributed by atoms with Gasteiger partial charge in [0.1, 0.15) is 11.8 Å². The van der Waals surface area contributed by atoms with E-state index in [0.717, 1.165) is 6.42 Å². The van der Waals surface area contributed by atoms with E-state index in [1.54, 1.807) is 30.3 Å². The molecular weight excluding hydrogens is 494 g/mol. The standard InChI is InChI=1S/C23H26Cl4N2O3/c1-4-14(3)28-23(31)20(5-2)29(12-15-6-7-16(24)10-18(15)26)22(30)13-32-21-9-8-17(25)11-19(21)27/h6-11,14,20H,4-5,12-13H2,1-3H3,(H,28,31). The molecule has 32 heavy (non-hydrogen) atoms. The highest BCUT2D eigenvalue weighted by Crippen LogP contribution is 2.28. The minimum atomic E-state index is -0.701. The van der Waals surface area contributed by atoms with Gasteiger partial charge in [-0.05, 0) is 55.7 Å². The van der Waals surface area contributed by atoms with Crippen LogP contribution in [0, 0.1) is 0 Å². The Kier molecular flexibility index (Phi) is 10.4. The number of nitrogens with one attached hydrogen (secondary N) is 1. The Morgan fingerprint density at radius 1 is 0.969 bits per heavy atom. The molecule has 0 bridgehead atoms. The first-order valence-electron chi connectivity index (χ1n) is 10.3. The summed E-state index contributed by atoms with van der Waals surface area (Å²) in [6.45, 7) is 5.56. The maximum Gasteiger partial charge on any atom is 0.261 e. The van der Waals surface area contributed by atoms with Crippen molar-refractivity contribution in [3.05, 3.63) is 62.1 Å². The summed E-state index contributed by atoms with van der Waals surface area (Å²) in [6, 6.07) is 9.05.